The van der Waals surface area contributed by atoms with Crippen LogP contribution < -0.4 is 19.3 Å². The zero-order chi connectivity index (χ0) is 45.9. The van der Waals surface area contributed by atoms with Gasteiger partial charge < -0.3 is 19.3 Å². The third-order valence-electron chi connectivity index (χ3n) is 12.8. The van der Waals surface area contributed by atoms with E-state index in [1.165, 1.54) is 24.3 Å². The van der Waals surface area contributed by atoms with Crippen LogP contribution in [0.4, 0.5) is 29.2 Å². The molecule has 0 radical (unpaired) electrons. The van der Waals surface area contributed by atoms with Gasteiger partial charge in [-0.2, -0.15) is 0 Å². The average Bonchev–Trinajstić information content (AvgIpc) is 3.97. The minimum atomic E-state index is -0.863. The summed E-state index contributed by atoms with van der Waals surface area (Å²) in [5.41, 5.74) is 7.71. The Morgan fingerprint density at radius 2 is 0.909 bits per heavy atom. The van der Waals surface area contributed by atoms with Gasteiger partial charge in [-0.1, -0.05) is 48.5 Å². The number of nitrogens with zero attached hydrogens (tertiary/aromatic N) is 8. The number of methoxy groups -OCH3 is 2. The molecular weight excluding hydrogens is 892 g/mol. The third-order valence-corrected chi connectivity index (χ3v) is 13.2. The minimum absolute atomic E-state index is 0.143. The van der Waals surface area contributed by atoms with Crippen molar-refractivity contribution >= 4 is 34.8 Å². The second kappa shape index (κ2) is 20.1. The van der Waals surface area contributed by atoms with Crippen molar-refractivity contribution in [3.05, 3.63) is 164 Å². The molecular formula is C50H50Cl2F4N8O2. The standard InChI is InChI=1S/2C25H25ClF2N4O/c2*1-33-20-8-2-16(3-9-20)14-31-13-11-21-22(23(31)17-4-6-18(27)7-5-17)29-25(26)30-24(21)32-12-10-19(28)15-32/h2*2-9,19,23H,10-15H2,1H3/t2*19-,23?/m11/s1. The van der Waals surface area contributed by atoms with E-state index in [4.69, 9.17) is 32.7 Å². The molecule has 344 valence electrons. The molecule has 0 bridgehead atoms. The molecule has 4 aliphatic heterocycles. The Morgan fingerprint density at radius 1 is 0.530 bits per heavy atom. The van der Waals surface area contributed by atoms with Crippen molar-refractivity contribution in [1.29, 1.82) is 0 Å². The van der Waals surface area contributed by atoms with Crippen LogP contribution in [-0.2, 0) is 25.9 Å². The summed E-state index contributed by atoms with van der Waals surface area (Å²) in [5, 5.41) is 0.286. The van der Waals surface area contributed by atoms with Crippen LogP contribution in [0.3, 0.4) is 0 Å². The first-order chi connectivity index (χ1) is 32.0. The second-order valence-electron chi connectivity index (χ2n) is 17.1. The maximum Gasteiger partial charge on any atom is 0.224 e. The van der Waals surface area contributed by atoms with Crippen molar-refractivity contribution in [3.8, 4) is 11.5 Å². The molecule has 6 aromatic rings. The van der Waals surface area contributed by atoms with E-state index in [0.29, 0.717) is 52.1 Å². The summed E-state index contributed by atoms with van der Waals surface area (Å²) in [7, 11) is 3.29. The van der Waals surface area contributed by atoms with Gasteiger partial charge in [0, 0.05) is 50.4 Å². The van der Waals surface area contributed by atoms with Crippen LogP contribution in [0.1, 0.15) is 69.7 Å². The Bertz CT molecular complexity index is 2430. The van der Waals surface area contributed by atoms with Crippen LogP contribution in [0.2, 0.25) is 10.6 Å². The highest BCUT2D eigenvalue weighted by Gasteiger charge is 2.37. The van der Waals surface area contributed by atoms with E-state index in [9.17, 15) is 17.6 Å². The highest BCUT2D eigenvalue weighted by Crippen LogP contribution is 2.42. The predicted octanol–water partition coefficient (Wildman–Crippen LogP) is 9.95. The molecule has 0 saturated carbocycles. The summed E-state index contributed by atoms with van der Waals surface area (Å²) in [6.45, 7) is 4.72. The maximum atomic E-state index is 14.0. The highest BCUT2D eigenvalue weighted by molar-refractivity contribution is 6.28. The number of fused-ring (bicyclic) bond motifs is 2. The fraction of sp³-hybridized carbons (Fsp3) is 0.360. The number of halogens is 6. The molecule has 2 aromatic heterocycles. The second-order valence-corrected chi connectivity index (χ2v) is 17.7. The first kappa shape index (κ1) is 45.6. The Labute approximate surface area is 392 Å². The molecule has 4 aromatic carbocycles. The van der Waals surface area contributed by atoms with Gasteiger partial charge in [-0.3, -0.25) is 9.80 Å². The van der Waals surface area contributed by atoms with E-state index in [0.717, 1.165) is 93.8 Å². The molecule has 4 aliphatic rings. The molecule has 4 atom stereocenters. The summed E-state index contributed by atoms with van der Waals surface area (Å²) >= 11 is 12.8. The van der Waals surface area contributed by atoms with Crippen LogP contribution in [0.25, 0.3) is 0 Å². The van der Waals surface area contributed by atoms with Crippen LogP contribution in [0.5, 0.6) is 11.5 Å². The molecule has 0 spiro atoms. The summed E-state index contributed by atoms with van der Waals surface area (Å²) < 4.78 is 65.9. The monoisotopic (exact) mass is 940 g/mol. The van der Waals surface area contributed by atoms with Crippen molar-refractivity contribution in [1.82, 2.24) is 29.7 Å². The smallest absolute Gasteiger partial charge is 0.224 e. The van der Waals surface area contributed by atoms with Crippen LogP contribution in [0.15, 0.2) is 97.1 Å². The molecule has 16 heteroatoms. The number of ether oxygens (including phenoxy) is 2. The van der Waals surface area contributed by atoms with Gasteiger partial charge in [0.2, 0.25) is 10.6 Å². The van der Waals surface area contributed by atoms with Crippen LogP contribution >= 0.6 is 23.2 Å². The van der Waals surface area contributed by atoms with Crippen LogP contribution in [-0.4, -0.2) is 95.6 Å². The van der Waals surface area contributed by atoms with Gasteiger partial charge in [-0.25, -0.2) is 37.5 Å². The lowest BCUT2D eigenvalue weighted by atomic mass is 9.91. The average molecular weight is 942 g/mol. The number of hydrogen-bond donors (Lipinski definition) is 0. The Kier molecular flexibility index (Phi) is 13.9. The van der Waals surface area contributed by atoms with Crippen molar-refractivity contribution < 1.29 is 27.0 Å². The summed E-state index contributed by atoms with van der Waals surface area (Å²) in [5.74, 6) is 2.48. The number of rotatable bonds is 10. The molecule has 2 unspecified atom stereocenters. The number of benzene rings is 4. The Balaban J connectivity index is 0.000000166. The van der Waals surface area contributed by atoms with Crippen molar-refractivity contribution in [2.24, 2.45) is 0 Å². The SMILES string of the molecule is COc1ccc(CN2CCc3c(nc(Cl)nc3N3CC[C@@H](F)C3)C2c2ccc(F)cc2)cc1.COc1ccc(CN2CCc3c(nc(Cl)nc3N3CC[C@@H](F)C3)C2c2ccc(F)cc2)cc1. The van der Waals surface area contributed by atoms with Gasteiger partial charge in [-0.15, -0.1) is 0 Å². The van der Waals surface area contributed by atoms with E-state index >= 15 is 0 Å². The molecule has 0 amide bonds. The topological polar surface area (TPSA) is 83.0 Å². The van der Waals surface area contributed by atoms with Crippen LogP contribution in [0, 0.1) is 11.6 Å². The van der Waals surface area contributed by atoms with Crippen molar-refractivity contribution in [2.75, 3.05) is 63.3 Å². The van der Waals surface area contributed by atoms with Gasteiger partial charge in [-0.05, 0) is 120 Å². The number of alkyl halides is 2. The zero-order valence-corrected chi connectivity index (χ0v) is 38.2. The van der Waals surface area contributed by atoms with Gasteiger partial charge in [0.25, 0.3) is 0 Å². The quantitative estimate of drug-likeness (QED) is 0.0979. The molecule has 0 N–H and O–H groups in total. The maximum absolute atomic E-state index is 14.0. The van der Waals surface area contributed by atoms with E-state index in [-0.39, 0.29) is 34.3 Å². The molecule has 0 aliphatic carbocycles. The van der Waals surface area contributed by atoms with Crippen molar-refractivity contribution in [2.45, 2.75) is 63.2 Å². The number of hydrogen-bond acceptors (Lipinski definition) is 10. The molecule has 10 rings (SSSR count). The van der Waals surface area contributed by atoms with Gasteiger partial charge in [0.15, 0.2) is 0 Å². The summed E-state index contributed by atoms with van der Waals surface area (Å²) in [6.07, 6.45) is 0.699. The first-order valence-electron chi connectivity index (χ1n) is 22.2. The predicted molar refractivity (Wildman–Crippen MR) is 248 cm³/mol. The van der Waals surface area contributed by atoms with E-state index in [1.807, 2.05) is 58.3 Å². The summed E-state index contributed by atoms with van der Waals surface area (Å²) in [6, 6.07) is 28.5. The Morgan fingerprint density at radius 3 is 1.24 bits per heavy atom. The lowest BCUT2D eigenvalue weighted by molar-refractivity contribution is 0.200. The zero-order valence-electron chi connectivity index (χ0n) is 36.7. The molecule has 10 nitrogen and oxygen atoms in total. The number of anilines is 2. The summed E-state index contributed by atoms with van der Waals surface area (Å²) in [4.78, 5) is 26.8. The largest absolute Gasteiger partial charge is 0.497 e. The first-order valence-corrected chi connectivity index (χ1v) is 22.9. The third kappa shape index (κ3) is 10.1. The minimum Gasteiger partial charge on any atom is -0.497 e. The van der Waals surface area contributed by atoms with E-state index in [1.54, 1.807) is 38.5 Å². The van der Waals surface area contributed by atoms with E-state index < -0.39 is 12.3 Å². The molecule has 66 heavy (non-hydrogen) atoms. The fourth-order valence-corrected chi connectivity index (χ4v) is 9.95. The molecule has 2 saturated heterocycles. The van der Waals surface area contributed by atoms with Crippen molar-refractivity contribution in [3.63, 3.8) is 0 Å². The number of aromatic nitrogens is 4. The molecule has 6 heterocycles. The van der Waals surface area contributed by atoms with Gasteiger partial charge >= 0.3 is 0 Å². The Hall–Kier alpha value is -5.54. The van der Waals surface area contributed by atoms with Gasteiger partial charge in [0.1, 0.15) is 47.1 Å². The van der Waals surface area contributed by atoms with E-state index in [2.05, 4.69) is 29.7 Å². The highest BCUT2D eigenvalue weighted by atomic mass is 35.5. The molecule has 2 fully saturated rings. The van der Waals surface area contributed by atoms with Gasteiger partial charge in [0.05, 0.1) is 50.8 Å². The lowest BCUT2D eigenvalue weighted by Gasteiger charge is -2.38. The fourth-order valence-electron chi connectivity index (χ4n) is 9.61. The lowest BCUT2D eigenvalue weighted by Crippen LogP contribution is -2.38. The normalized spacial score (nSPS) is 20.7.